The molecule has 0 aliphatic carbocycles. The van der Waals surface area contributed by atoms with Gasteiger partial charge in [0.15, 0.2) is 0 Å². The Morgan fingerprint density at radius 3 is 1.44 bits per heavy atom. The second-order valence-electron chi connectivity index (χ2n) is 4.00. The largest absolute Gasteiger partial charge is 0.481 e. The molecular formula is C12H28N2O4. The highest BCUT2D eigenvalue weighted by Crippen LogP contribution is 1.89. The molecule has 110 valence electrons. The van der Waals surface area contributed by atoms with Gasteiger partial charge in [0.05, 0.1) is 13.2 Å². The molecule has 0 aromatic heterocycles. The molecule has 0 bridgehead atoms. The summed E-state index contributed by atoms with van der Waals surface area (Å²) in [7, 11) is 0. The van der Waals surface area contributed by atoms with E-state index in [1.165, 1.54) is 0 Å². The Kier molecular flexibility index (Phi) is 15.7. The van der Waals surface area contributed by atoms with E-state index in [1.807, 2.05) is 13.8 Å². The first-order valence-electron chi connectivity index (χ1n) is 6.39. The van der Waals surface area contributed by atoms with Crippen molar-refractivity contribution in [3.05, 3.63) is 0 Å². The molecule has 0 fully saturated rings. The van der Waals surface area contributed by atoms with Gasteiger partial charge in [-0.3, -0.25) is 4.79 Å². The molecule has 6 nitrogen and oxygen atoms in total. The molecule has 0 aromatic carbocycles. The summed E-state index contributed by atoms with van der Waals surface area (Å²) in [6, 6.07) is 0.400. The fourth-order valence-electron chi connectivity index (χ4n) is 1.23. The topological polar surface area (TPSA) is 102 Å². The molecular weight excluding hydrogens is 236 g/mol. The maximum Gasteiger partial charge on any atom is 0.300 e. The molecule has 0 rings (SSSR count). The number of aliphatic carboxylic acids is 1. The summed E-state index contributed by atoms with van der Waals surface area (Å²) in [5.74, 6) is -0.833. The Morgan fingerprint density at radius 2 is 1.28 bits per heavy atom. The molecule has 0 aliphatic rings. The Morgan fingerprint density at radius 1 is 1.00 bits per heavy atom. The standard InChI is InChI=1S/C10H24N2O2.C2H4O2/c1-3-9(7-13)11-5-6-12-10(4-2)8-14;1-2(3)4/h9-14H,3-8H2,1-2H3;1H3,(H,3,4). The molecule has 6 heteroatoms. The SMILES string of the molecule is CC(=O)O.CCC(CO)NCCNC(CC)CO. The lowest BCUT2D eigenvalue weighted by molar-refractivity contribution is -0.134. The lowest BCUT2D eigenvalue weighted by Gasteiger charge is -2.17. The molecule has 0 radical (unpaired) electrons. The molecule has 0 spiro atoms. The van der Waals surface area contributed by atoms with Crippen LogP contribution in [-0.2, 0) is 4.79 Å². The van der Waals surface area contributed by atoms with Crippen LogP contribution in [0, 0.1) is 0 Å². The second-order valence-corrected chi connectivity index (χ2v) is 4.00. The summed E-state index contributed by atoms with van der Waals surface area (Å²) in [6.07, 6.45) is 1.88. The smallest absolute Gasteiger partial charge is 0.300 e. The van der Waals surface area contributed by atoms with Crippen molar-refractivity contribution in [2.45, 2.75) is 45.7 Å². The highest BCUT2D eigenvalue weighted by molar-refractivity contribution is 5.62. The van der Waals surface area contributed by atoms with Crippen LogP contribution in [-0.4, -0.2) is 59.7 Å². The van der Waals surface area contributed by atoms with Crippen LogP contribution >= 0.6 is 0 Å². The number of rotatable bonds is 9. The number of hydrogen-bond donors (Lipinski definition) is 5. The van der Waals surface area contributed by atoms with Crippen molar-refractivity contribution < 1.29 is 20.1 Å². The minimum Gasteiger partial charge on any atom is -0.481 e. The normalized spacial score (nSPS) is 13.4. The van der Waals surface area contributed by atoms with Gasteiger partial charge in [0.1, 0.15) is 0 Å². The van der Waals surface area contributed by atoms with E-state index in [9.17, 15) is 0 Å². The Bertz CT molecular complexity index is 165. The summed E-state index contributed by atoms with van der Waals surface area (Å²) in [4.78, 5) is 9.00. The third kappa shape index (κ3) is 15.3. The van der Waals surface area contributed by atoms with Crippen molar-refractivity contribution in [3.63, 3.8) is 0 Å². The van der Waals surface area contributed by atoms with Crippen molar-refractivity contribution in [1.82, 2.24) is 10.6 Å². The highest BCUT2D eigenvalue weighted by atomic mass is 16.4. The zero-order valence-electron chi connectivity index (χ0n) is 11.6. The summed E-state index contributed by atoms with van der Waals surface area (Å²) in [6.45, 7) is 7.21. The lowest BCUT2D eigenvalue weighted by Crippen LogP contribution is -2.40. The number of nitrogens with one attached hydrogen (secondary N) is 2. The van der Waals surface area contributed by atoms with Crippen LogP contribution < -0.4 is 10.6 Å². The first-order valence-corrected chi connectivity index (χ1v) is 6.39. The molecule has 0 aliphatic heterocycles. The van der Waals surface area contributed by atoms with Crippen molar-refractivity contribution in [2.75, 3.05) is 26.3 Å². The van der Waals surface area contributed by atoms with Crippen LogP contribution in [0.5, 0.6) is 0 Å². The van der Waals surface area contributed by atoms with Gasteiger partial charge in [-0.15, -0.1) is 0 Å². The minimum absolute atomic E-state index is 0.188. The predicted octanol–water partition coefficient (Wildman–Crippen LogP) is -0.202. The van der Waals surface area contributed by atoms with E-state index in [0.717, 1.165) is 32.9 Å². The Balaban J connectivity index is 0. The van der Waals surface area contributed by atoms with Gasteiger partial charge < -0.3 is 26.0 Å². The van der Waals surface area contributed by atoms with Crippen molar-refractivity contribution in [1.29, 1.82) is 0 Å². The van der Waals surface area contributed by atoms with Gasteiger partial charge in [0, 0.05) is 32.1 Å². The number of aliphatic hydroxyl groups excluding tert-OH is 2. The number of aliphatic hydroxyl groups is 2. The fourth-order valence-corrected chi connectivity index (χ4v) is 1.23. The molecule has 0 saturated carbocycles. The predicted molar refractivity (Wildman–Crippen MR) is 71.6 cm³/mol. The monoisotopic (exact) mass is 264 g/mol. The first kappa shape index (κ1) is 19.6. The summed E-state index contributed by atoms with van der Waals surface area (Å²) in [5, 5.41) is 31.7. The van der Waals surface area contributed by atoms with Crippen LogP contribution in [0.1, 0.15) is 33.6 Å². The van der Waals surface area contributed by atoms with E-state index in [-0.39, 0.29) is 25.3 Å². The van der Waals surface area contributed by atoms with Crippen LogP contribution in [0.2, 0.25) is 0 Å². The van der Waals surface area contributed by atoms with Crippen LogP contribution in [0.15, 0.2) is 0 Å². The third-order valence-electron chi connectivity index (χ3n) is 2.42. The lowest BCUT2D eigenvalue weighted by atomic mass is 10.2. The summed E-state index contributed by atoms with van der Waals surface area (Å²) >= 11 is 0. The average Bonchev–Trinajstić information content (AvgIpc) is 2.33. The zero-order valence-corrected chi connectivity index (χ0v) is 11.6. The van der Waals surface area contributed by atoms with Crippen molar-refractivity contribution >= 4 is 5.97 Å². The van der Waals surface area contributed by atoms with E-state index >= 15 is 0 Å². The minimum atomic E-state index is -0.833. The van der Waals surface area contributed by atoms with Crippen LogP contribution in [0.25, 0.3) is 0 Å². The molecule has 2 unspecified atom stereocenters. The first-order chi connectivity index (χ1) is 8.51. The Labute approximate surface area is 109 Å². The quantitative estimate of drug-likeness (QED) is 0.370. The molecule has 18 heavy (non-hydrogen) atoms. The van der Waals surface area contributed by atoms with E-state index in [0.29, 0.717) is 0 Å². The van der Waals surface area contributed by atoms with Gasteiger partial charge in [-0.05, 0) is 12.8 Å². The average molecular weight is 264 g/mol. The van der Waals surface area contributed by atoms with Crippen LogP contribution in [0.4, 0.5) is 0 Å². The van der Waals surface area contributed by atoms with Crippen molar-refractivity contribution in [2.24, 2.45) is 0 Å². The maximum absolute atomic E-state index is 9.00. The number of carboxylic acids is 1. The van der Waals surface area contributed by atoms with E-state index in [4.69, 9.17) is 20.1 Å². The molecule has 2 atom stereocenters. The molecule has 0 heterocycles. The zero-order chi connectivity index (χ0) is 14.4. The van der Waals surface area contributed by atoms with Gasteiger partial charge >= 0.3 is 0 Å². The fraction of sp³-hybridized carbons (Fsp3) is 0.917. The summed E-state index contributed by atoms with van der Waals surface area (Å²) < 4.78 is 0. The molecule has 0 amide bonds. The van der Waals surface area contributed by atoms with Crippen LogP contribution in [0.3, 0.4) is 0 Å². The van der Waals surface area contributed by atoms with E-state index in [1.54, 1.807) is 0 Å². The van der Waals surface area contributed by atoms with E-state index in [2.05, 4.69) is 10.6 Å². The maximum atomic E-state index is 9.00. The van der Waals surface area contributed by atoms with Crippen molar-refractivity contribution in [3.8, 4) is 0 Å². The van der Waals surface area contributed by atoms with Gasteiger partial charge in [-0.1, -0.05) is 13.8 Å². The van der Waals surface area contributed by atoms with Gasteiger partial charge in [-0.25, -0.2) is 0 Å². The van der Waals surface area contributed by atoms with Gasteiger partial charge in [0.2, 0.25) is 0 Å². The second kappa shape index (κ2) is 14.4. The number of carbonyl (C=O) groups is 1. The highest BCUT2D eigenvalue weighted by Gasteiger charge is 2.04. The summed E-state index contributed by atoms with van der Waals surface area (Å²) in [5.41, 5.74) is 0. The molecule has 0 aromatic rings. The molecule has 0 saturated heterocycles. The van der Waals surface area contributed by atoms with Gasteiger partial charge in [-0.2, -0.15) is 0 Å². The Hall–Kier alpha value is -0.690. The molecule has 5 N–H and O–H groups in total. The van der Waals surface area contributed by atoms with Gasteiger partial charge in [0.25, 0.3) is 5.97 Å². The van der Waals surface area contributed by atoms with E-state index < -0.39 is 5.97 Å². The number of carboxylic acid groups (broad SMARTS) is 1. The third-order valence-corrected chi connectivity index (χ3v) is 2.42. The number of hydrogen-bond acceptors (Lipinski definition) is 5.